The van der Waals surface area contributed by atoms with Crippen molar-refractivity contribution in [2.75, 3.05) is 0 Å². The van der Waals surface area contributed by atoms with E-state index in [-0.39, 0.29) is 0 Å². The summed E-state index contributed by atoms with van der Waals surface area (Å²) in [6.07, 6.45) is 2.76. The Kier molecular flexibility index (Phi) is 2.91. The predicted molar refractivity (Wildman–Crippen MR) is 67.9 cm³/mol. The maximum absolute atomic E-state index is 10.6. The predicted octanol–water partition coefficient (Wildman–Crippen LogP) is 2.95. The number of pyridine rings is 1. The van der Waals surface area contributed by atoms with Crippen molar-refractivity contribution >= 4 is 22.9 Å². The quantitative estimate of drug-likeness (QED) is 0.802. The lowest BCUT2D eigenvalue weighted by Gasteiger charge is -2.05. The second-order valence-electron chi connectivity index (χ2n) is 4.05. The molecular weight excluding hydrogens is 214 g/mol. The average Bonchev–Trinajstić information content (AvgIpc) is 2.26. The number of fused-ring (bicyclic) bond motifs is 1. The number of rotatable bonds is 2. The van der Waals surface area contributed by atoms with Gasteiger partial charge in [0.05, 0.1) is 5.52 Å². The van der Waals surface area contributed by atoms with E-state index in [1.54, 1.807) is 6.08 Å². The van der Waals surface area contributed by atoms with Crippen LogP contribution in [0.5, 0.6) is 0 Å². The fraction of sp³-hybridized carbons (Fsp3) is 0.143. The number of aryl methyl sites for hydroxylation is 2. The van der Waals surface area contributed by atoms with Crippen LogP contribution < -0.4 is 0 Å². The van der Waals surface area contributed by atoms with E-state index in [9.17, 15) is 4.79 Å². The molecule has 0 spiro atoms. The maximum atomic E-state index is 10.6. The first-order valence-electron chi connectivity index (χ1n) is 5.35. The lowest BCUT2D eigenvalue weighted by molar-refractivity contribution is -0.131. The summed E-state index contributed by atoms with van der Waals surface area (Å²) in [6.45, 7) is 3.90. The Morgan fingerprint density at radius 2 is 2.06 bits per heavy atom. The third-order valence-electron chi connectivity index (χ3n) is 2.53. The van der Waals surface area contributed by atoms with Gasteiger partial charge in [0.15, 0.2) is 0 Å². The first-order valence-corrected chi connectivity index (χ1v) is 5.35. The molecule has 0 bridgehead atoms. The van der Waals surface area contributed by atoms with Crippen molar-refractivity contribution in [3.05, 3.63) is 47.2 Å². The van der Waals surface area contributed by atoms with E-state index < -0.39 is 5.97 Å². The second kappa shape index (κ2) is 4.37. The number of hydrogen-bond acceptors (Lipinski definition) is 2. The smallest absolute Gasteiger partial charge is 0.328 e. The molecule has 0 radical (unpaired) electrons. The Balaban J connectivity index is 2.67. The van der Waals surface area contributed by atoms with Crippen molar-refractivity contribution in [2.45, 2.75) is 13.8 Å². The van der Waals surface area contributed by atoms with Gasteiger partial charge in [0.25, 0.3) is 0 Å². The zero-order valence-electron chi connectivity index (χ0n) is 9.77. The SMILES string of the molecule is Cc1ccc2nc(C)cc(/C=C/C(=O)O)c2c1. The Bertz CT molecular complexity index is 615. The van der Waals surface area contributed by atoms with Crippen molar-refractivity contribution in [3.63, 3.8) is 0 Å². The van der Waals surface area contributed by atoms with Gasteiger partial charge in [-0.05, 0) is 43.7 Å². The van der Waals surface area contributed by atoms with E-state index in [2.05, 4.69) is 4.98 Å². The van der Waals surface area contributed by atoms with Crippen molar-refractivity contribution in [2.24, 2.45) is 0 Å². The average molecular weight is 227 g/mol. The normalized spacial score (nSPS) is 11.2. The Morgan fingerprint density at radius 1 is 1.29 bits per heavy atom. The summed E-state index contributed by atoms with van der Waals surface area (Å²) in [5, 5.41) is 9.65. The van der Waals surface area contributed by atoms with E-state index in [1.807, 2.05) is 38.1 Å². The highest BCUT2D eigenvalue weighted by molar-refractivity contribution is 5.93. The molecule has 0 amide bonds. The van der Waals surface area contributed by atoms with Gasteiger partial charge in [-0.25, -0.2) is 4.79 Å². The third kappa shape index (κ3) is 2.50. The molecule has 1 aromatic carbocycles. The van der Waals surface area contributed by atoms with Crippen LogP contribution in [0.3, 0.4) is 0 Å². The van der Waals surface area contributed by atoms with Gasteiger partial charge in [-0.2, -0.15) is 0 Å². The minimum atomic E-state index is -0.944. The van der Waals surface area contributed by atoms with Gasteiger partial charge in [0.1, 0.15) is 0 Å². The number of aliphatic carboxylic acids is 1. The van der Waals surface area contributed by atoms with Gasteiger partial charge in [-0.15, -0.1) is 0 Å². The fourth-order valence-electron chi connectivity index (χ4n) is 1.80. The summed E-state index contributed by atoms with van der Waals surface area (Å²) in [4.78, 5) is 15.0. The number of hydrogen-bond donors (Lipinski definition) is 1. The molecule has 0 aliphatic heterocycles. The monoisotopic (exact) mass is 227 g/mol. The van der Waals surface area contributed by atoms with Gasteiger partial charge in [0.2, 0.25) is 0 Å². The standard InChI is InChI=1S/C14H13NO2/c1-9-3-5-13-12(7-9)11(4-6-14(16)17)8-10(2)15-13/h3-8H,1-2H3,(H,16,17)/b6-4+. The Hall–Kier alpha value is -2.16. The van der Waals surface area contributed by atoms with Gasteiger partial charge in [-0.1, -0.05) is 11.6 Å². The van der Waals surface area contributed by atoms with Gasteiger partial charge >= 0.3 is 5.97 Å². The number of carboxylic acids is 1. The number of nitrogens with zero attached hydrogens (tertiary/aromatic N) is 1. The van der Waals surface area contributed by atoms with Gasteiger partial charge in [-0.3, -0.25) is 4.98 Å². The topological polar surface area (TPSA) is 50.2 Å². The Morgan fingerprint density at radius 3 is 2.76 bits per heavy atom. The molecule has 1 aromatic heterocycles. The Labute approximate surface area is 99.4 Å². The number of carboxylic acid groups (broad SMARTS) is 1. The lowest BCUT2D eigenvalue weighted by atomic mass is 10.0. The molecule has 2 aromatic rings. The van der Waals surface area contributed by atoms with Crippen LogP contribution in [-0.4, -0.2) is 16.1 Å². The molecule has 0 fully saturated rings. The van der Waals surface area contributed by atoms with E-state index >= 15 is 0 Å². The van der Waals surface area contributed by atoms with E-state index in [4.69, 9.17) is 5.11 Å². The van der Waals surface area contributed by atoms with Crippen LogP contribution in [-0.2, 0) is 4.79 Å². The summed E-state index contributed by atoms with van der Waals surface area (Å²) in [5.41, 5.74) is 3.79. The molecule has 1 heterocycles. The first kappa shape index (κ1) is 11.3. The molecule has 17 heavy (non-hydrogen) atoms. The molecule has 0 atom stereocenters. The van der Waals surface area contributed by atoms with Crippen molar-refractivity contribution in [1.82, 2.24) is 4.98 Å². The van der Waals surface area contributed by atoms with Crippen LogP contribution in [0, 0.1) is 13.8 Å². The molecule has 0 saturated heterocycles. The summed E-state index contributed by atoms with van der Waals surface area (Å²) in [6, 6.07) is 7.86. The highest BCUT2D eigenvalue weighted by Gasteiger charge is 2.02. The van der Waals surface area contributed by atoms with Crippen molar-refractivity contribution < 1.29 is 9.90 Å². The van der Waals surface area contributed by atoms with Crippen LogP contribution in [0.1, 0.15) is 16.8 Å². The fourth-order valence-corrected chi connectivity index (χ4v) is 1.80. The minimum Gasteiger partial charge on any atom is -0.478 e. The largest absolute Gasteiger partial charge is 0.478 e. The molecule has 86 valence electrons. The number of carbonyl (C=O) groups is 1. The zero-order valence-corrected chi connectivity index (χ0v) is 9.77. The summed E-state index contributed by atoms with van der Waals surface area (Å²) < 4.78 is 0. The highest BCUT2D eigenvalue weighted by Crippen LogP contribution is 2.21. The van der Waals surface area contributed by atoms with Crippen molar-refractivity contribution in [3.8, 4) is 0 Å². The lowest BCUT2D eigenvalue weighted by Crippen LogP contribution is -1.90. The molecule has 0 aliphatic rings. The van der Waals surface area contributed by atoms with Crippen LogP contribution >= 0.6 is 0 Å². The molecule has 0 aliphatic carbocycles. The molecule has 0 unspecified atom stereocenters. The first-order chi connectivity index (χ1) is 8.06. The van der Waals surface area contributed by atoms with Crippen LogP contribution in [0.4, 0.5) is 0 Å². The zero-order chi connectivity index (χ0) is 12.4. The van der Waals surface area contributed by atoms with Crippen molar-refractivity contribution in [1.29, 1.82) is 0 Å². The number of benzene rings is 1. The van der Waals surface area contributed by atoms with E-state index in [0.717, 1.165) is 33.8 Å². The molecule has 1 N–H and O–H groups in total. The molecular formula is C14H13NO2. The summed E-state index contributed by atoms with van der Waals surface area (Å²) in [5.74, 6) is -0.944. The molecule has 2 rings (SSSR count). The maximum Gasteiger partial charge on any atom is 0.328 e. The highest BCUT2D eigenvalue weighted by atomic mass is 16.4. The minimum absolute atomic E-state index is 0.881. The van der Waals surface area contributed by atoms with Gasteiger partial charge < -0.3 is 5.11 Å². The second-order valence-corrected chi connectivity index (χ2v) is 4.05. The van der Waals surface area contributed by atoms with Crippen LogP contribution in [0.25, 0.3) is 17.0 Å². The third-order valence-corrected chi connectivity index (χ3v) is 2.53. The molecule has 3 nitrogen and oxygen atoms in total. The number of aromatic nitrogens is 1. The van der Waals surface area contributed by atoms with Crippen LogP contribution in [0.2, 0.25) is 0 Å². The molecule has 0 saturated carbocycles. The summed E-state index contributed by atoms with van der Waals surface area (Å²) in [7, 11) is 0. The van der Waals surface area contributed by atoms with Gasteiger partial charge in [0, 0.05) is 17.2 Å². The molecule has 3 heteroatoms. The van der Waals surface area contributed by atoms with E-state index in [1.165, 1.54) is 0 Å². The van der Waals surface area contributed by atoms with Crippen LogP contribution in [0.15, 0.2) is 30.3 Å². The summed E-state index contributed by atoms with van der Waals surface area (Å²) >= 11 is 0. The van der Waals surface area contributed by atoms with E-state index in [0.29, 0.717) is 0 Å².